The van der Waals surface area contributed by atoms with Crippen molar-refractivity contribution < 1.29 is 4.42 Å². The monoisotopic (exact) mass is 710 g/mol. The summed E-state index contributed by atoms with van der Waals surface area (Å²) in [6.45, 7) is 32.9. The summed E-state index contributed by atoms with van der Waals surface area (Å²) in [7, 11) is 0. The van der Waals surface area contributed by atoms with Crippen molar-refractivity contribution in [2.45, 2.75) is 154 Å². The quantitative estimate of drug-likeness (QED) is 0.233. The van der Waals surface area contributed by atoms with Crippen LogP contribution in [0.3, 0.4) is 0 Å². The molecule has 0 bridgehead atoms. The maximum Gasteiger partial charge on any atom is 0.109 e. The number of furan rings is 1. The third-order valence-corrected chi connectivity index (χ3v) is 8.34. The lowest BCUT2D eigenvalue weighted by atomic mass is 9.86. The molecule has 0 radical (unpaired) electrons. The SMILES string of the molecule is C.C.CC(C)(C)C1=CC=CC1.CC(C)(C)C1=CCC=N1.CC(C)(C)c1ccc2c(c1)N=CC2.CC(C)(C)c1ccccn1.CC(C)(C)c1ccco1. The molecule has 0 atom stereocenters. The molecule has 3 aliphatic rings. The van der Waals surface area contributed by atoms with Crippen LogP contribution in [0.5, 0.6) is 0 Å². The Morgan fingerprint density at radius 3 is 1.63 bits per heavy atom. The van der Waals surface area contributed by atoms with E-state index in [9.17, 15) is 0 Å². The normalized spacial score (nSPS) is 14.3. The average molecular weight is 710 g/mol. The fourth-order valence-corrected chi connectivity index (χ4v) is 4.95. The predicted molar refractivity (Wildman–Crippen MR) is 233 cm³/mol. The molecule has 6 rings (SSSR count). The number of hydrogen-bond donors (Lipinski definition) is 0. The number of rotatable bonds is 0. The minimum Gasteiger partial charge on any atom is -0.469 e. The molecule has 4 heterocycles. The van der Waals surface area contributed by atoms with Crippen molar-refractivity contribution in [3.8, 4) is 0 Å². The van der Waals surface area contributed by atoms with Crippen LogP contribution in [0.2, 0.25) is 0 Å². The Bertz CT molecular complexity index is 1600. The summed E-state index contributed by atoms with van der Waals surface area (Å²) in [4.78, 5) is 12.8. The maximum absolute atomic E-state index is 5.20. The van der Waals surface area contributed by atoms with Crippen molar-refractivity contribution in [3.63, 3.8) is 0 Å². The van der Waals surface area contributed by atoms with E-state index in [-0.39, 0.29) is 36.5 Å². The van der Waals surface area contributed by atoms with Gasteiger partial charge in [0.1, 0.15) is 5.76 Å². The van der Waals surface area contributed by atoms with E-state index in [2.05, 4.69) is 167 Å². The molecule has 2 aromatic heterocycles. The molecule has 4 nitrogen and oxygen atoms in total. The summed E-state index contributed by atoms with van der Waals surface area (Å²) < 4.78 is 5.20. The number of nitrogens with zero attached hydrogens (tertiary/aromatic N) is 3. The van der Waals surface area contributed by atoms with E-state index >= 15 is 0 Å². The fraction of sp³-hybridized carbons (Fsp3) is 0.521. The van der Waals surface area contributed by atoms with Crippen LogP contribution in [0, 0.1) is 10.8 Å². The maximum atomic E-state index is 5.20. The third-order valence-electron chi connectivity index (χ3n) is 8.34. The van der Waals surface area contributed by atoms with Gasteiger partial charge in [-0.25, -0.2) is 0 Å². The molecular formula is C48H75N3O. The molecule has 0 spiro atoms. The van der Waals surface area contributed by atoms with Gasteiger partial charge in [0, 0.05) is 59.1 Å². The third kappa shape index (κ3) is 17.2. The minimum absolute atomic E-state index is 0. The number of fused-ring (bicyclic) bond motifs is 1. The molecule has 0 unspecified atom stereocenters. The summed E-state index contributed by atoms with van der Waals surface area (Å²) in [5.41, 5.74) is 8.99. The molecule has 1 aliphatic carbocycles. The van der Waals surface area contributed by atoms with E-state index in [1.807, 2.05) is 42.9 Å². The van der Waals surface area contributed by atoms with Gasteiger partial charge in [-0.2, -0.15) is 0 Å². The molecule has 0 fully saturated rings. The van der Waals surface area contributed by atoms with Crippen molar-refractivity contribution in [1.29, 1.82) is 0 Å². The van der Waals surface area contributed by atoms with Gasteiger partial charge in [-0.3, -0.25) is 15.0 Å². The second kappa shape index (κ2) is 20.5. The number of aromatic nitrogens is 1. The molecule has 1 aromatic carbocycles. The zero-order chi connectivity index (χ0) is 37.8. The van der Waals surface area contributed by atoms with E-state index in [1.165, 1.54) is 16.8 Å². The molecular weight excluding hydrogens is 635 g/mol. The Hall–Kier alpha value is -3.79. The van der Waals surface area contributed by atoms with Crippen LogP contribution in [-0.2, 0) is 22.7 Å². The first kappa shape index (κ1) is 48.2. The van der Waals surface area contributed by atoms with Gasteiger partial charge in [0.05, 0.1) is 12.0 Å². The highest BCUT2D eigenvalue weighted by Crippen LogP contribution is 2.32. The molecule has 0 N–H and O–H groups in total. The lowest BCUT2D eigenvalue weighted by Crippen LogP contribution is -2.12. The molecule has 4 heteroatoms. The van der Waals surface area contributed by atoms with Crippen molar-refractivity contribution in [2.24, 2.45) is 20.8 Å². The van der Waals surface area contributed by atoms with Gasteiger partial charge in [-0.15, -0.1) is 0 Å². The molecule has 288 valence electrons. The van der Waals surface area contributed by atoms with Crippen molar-refractivity contribution in [2.75, 3.05) is 0 Å². The number of allylic oxidation sites excluding steroid dienone is 6. The average Bonchev–Trinajstić information content (AvgIpc) is 3.84. The van der Waals surface area contributed by atoms with Crippen LogP contribution in [0.15, 0.2) is 111 Å². The number of hydrogen-bond acceptors (Lipinski definition) is 4. The van der Waals surface area contributed by atoms with Gasteiger partial charge in [0.15, 0.2) is 0 Å². The Morgan fingerprint density at radius 1 is 0.615 bits per heavy atom. The van der Waals surface area contributed by atoms with Crippen molar-refractivity contribution in [3.05, 3.63) is 119 Å². The van der Waals surface area contributed by atoms with Crippen LogP contribution >= 0.6 is 0 Å². The second-order valence-corrected chi connectivity index (χ2v) is 18.3. The number of benzene rings is 1. The van der Waals surface area contributed by atoms with Crippen LogP contribution in [0.25, 0.3) is 0 Å². The van der Waals surface area contributed by atoms with E-state index in [4.69, 9.17) is 4.42 Å². The molecule has 2 aliphatic heterocycles. The molecule has 3 aromatic rings. The van der Waals surface area contributed by atoms with Gasteiger partial charge in [-0.05, 0) is 58.7 Å². The zero-order valence-corrected chi connectivity index (χ0v) is 34.1. The lowest BCUT2D eigenvalue weighted by molar-refractivity contribution is 0.409. The largest absolute Gasteiger partial charge is 0.469 e. The van der Waals surface area contributed by atoms with Crippen LogP contribution in [-0.4, -0.2) is 17.4 Å². The molecule has 52 heavy (non-hydrogen) atoms. The highest BCUT2D eigenvalue weighted by Gasteiger charge is 2.19. The lowest BCUT2D eigenvalue weighted by Gasteiger charge is -2.19. The van der Waals surface area contributed by atoms with E-state index < -0.39 is 0 Å². The van der Waals surface area contributed by atoms with Gasteiger partial charge >= 0.3 is 0 Å². The zero-order valence-electron chi connectivity index (χ0n) is 34.1. The molecule has 0 saturated carbocycles. The predicted octanol–water partition coefficient (Wildman–Crippen LogP) is 14.8. The van der Waals surface area contributed by atoms with E-state index in [1.54, 1.807) is 11.8 Å². The van der Waals surface area contributed by atoms with Crippen LogP contribution in [0.1, 0.15) is 154 Å². The van der Waals surface area contributed by atoms with Crippen molar-refractivity contribution >= 4 is 18.1 Å². The van der Waals surface area contributed by atoms with Gasteiger partial charge in [-0.1, -0.05) is 167 Å². The van der Waals surface area contributed by atoms with Gasteiger partial charge in [0.25, 0.3) is 0 Å². The van der Waals surface area contributed by atoms with E-state index in [0.29, 0.717) is 5.41 Å². The van der Waals surface area contributed by atoms with E-state index in [0.717, 1.165) is 36.4 Å². The highest BCUT2D eigenvalue weighted by molar-refractivity contribution is 5.76. The smallest absolute Gasteiger partial charge is 0.109 e. The Balaban J connectivity index is 0.000000625. The topological polar surface area (TPSA) is 50.8 Å². The summed E-state index contributed by atoms with van der Waals surface area (Å²) in [5.74, 6) is 1.04. The summed E-state index contributed by atoms with van der Waals surface area (Å²) >= 11 is 0. The molecule has 0 saturated heterocycles. The summed E-state index contributed by atoms with van der Waals surface area (Å²) in [6.07, 6.45) is 19.4. The first-order chi connectivity index (χ1) is 23.0. The summed E-state index contributed by atoms with van der Waals surface area (Å²) in [6, 6.07) is 16.6. The minimum atomic E-state index is 0. The second-order valence-electron chi connectivity index (χ2n) is 18.3. The Morgan fingerprint density at radius 2 is 1.29 bits per heavy atom. The van der Waals surface area contributed by atoms with Gasteiger partial charge < -0.3 is 4.42 Å². The van der Waals surface area contributed by atoms with Crippen LogP contribution < -0.4 is 0 Å². The Labute approximate surface area is 320 Å². The van der Waals surface area contributed by atoms with Crippen molar-refractivity contribution in [1.82, 2.24) is 4.98 Å². The standard InChI is InChI=1S/C12H15N.C9H13N.C9H14.C8H13N.C8H12O.2CH4/c1-12(2,3)10-5-4-9-6-7-13-11(9)8-10;1-9(2,3)8-6-4-5-7-10-8;1-9(2,3)8-6-4-5-7-8;2*1-8(2,3)7-5-4-6-9-7;;/h4-5,7-8H,6H2,1-3H3;4-7H,1-3H3;4-6H,7H2,1-3H3;5-6H,4H2,1-3H3;4-6H,1-3H3;2*1H4. The first-order valence-corrected chi connectivity index (χ1v) is 18.2. The Kier molecular flexibility index (Phi) is 19.0. The number of pyridine rings is 1. The first-order valence-electron chi connectivity index (χ1n) is 18.2. The fourth-order valence-electron chi connectivity index (χ4n) is 4.95. The highest BCUT2D eigenvalue weighted by atomic mass is 16.3. The van der Waals surface area contributed by atoms with Gasteiger partial charge in [0.2, 0.25) is 0 Å². The summed E-state index contributed by atoms with van der Waals surface area (Å²) in [5, 5.41) is 0. The van der Waals surface area contributed by atoms with Crippen LogP contribution in [0.4, 0.5) is 5.69 Å². The molecule has 0 amide bonds. The number of aliphatic imine (C=N–C) groups is 2.